The highest BCUT2D eigenvalue weighted by Gasteiger charge is 2.47. The molecule has 0 radical (unpaired) electrons. The van der Waals surface area contributed by atoms with Crippen LogP contribution < -0.4 is 10.6 Å². The molecule has 0 saturated carbocycles. The van der Waals surface area contributed by atoms with Gasteiger partial charge in [0.15, 0.2) is 0 Å². The van der Waals surface area contributed by atoms with Crippen molar-refractivity contribution in [3.63, 3.8) is 0 Å². The standard InChI is InChI=1S/C31H33N3O5/c1-2-27(28(35)36)32-29(37)31(16-17-34(20-31)18-21-10-4-3-5-11-21)33-30(38)39-19-26-24-14-8-6-12-22(24)23-13-7-9-15-25(23)26/h3-15,26-27H,2,16-20H2,1H3,(H,32,37)(H,33,38)(H,35,36)/t27-,31?/m0/s1. The average molecular weight is 528 g/mol. The van der Waals surface area contributed by atoms with Crippen LogP contribution in [0.5, 0.6) is 0 Å². The summed E-state index contributed by atoms with van der Waals surface area (Å²) in [7, 11) is 0. The largest absolute Gasteiger partial charge is 0.480 e. The van der Waals surface area contributed by atoms with E-state index in [0.29, 0.717) is 19.5 Å². The molecule has 8 nitrogen and oxygen atoms in total. The van der Waals surface area contributed by atoms with Gasteiger partial charge in [0.25, 0.3) is 0 Å². The minimum Gasteiger partial charge on any atom is -0.480 e. The maximum atomic E-state index is 13.5. The number of rotatable bonds is 9. The average Bonchev–Trinajstić information content (AvgIpc) is 3.50. The number of carbonyl (C=O) groups is 3. The summed E-state index contributed by atoms with van der Waals surface area (Å²) in [5.74, 6) is -1.73. The van der Waals surface area contributed by atoms with Crippen LogP contribution in [0, 0.1) is 0 Å². The molecule has 1 unspecified atom stereocenters. The van der Waals surface area contributed by atoms with Crippen LogP contribution in [-0.2, 0) is 20.9 Å². The third-order valence-corrected chi connectivity index (χ3v) is 7.73. The Balaban J connectivity index is 1.31. The smallest absolute Gasteiger partial charge is 0.408 e. The van der Waals surface area contributed by atoms with Crippen molar-refractivity contribution >= 4 is 18.0 Å². The van der Waals surface area contributed by atoms with E-state index in [9.17, 15) is 19.5 Å². The van der Waals surface area contributed by atoms with Crippen molar-refractivity contribution in [1.82, 2.24) is 15.5 Å². The van der Waals surface area contributed by atoms with E-state index in [1.807, 2.05) is 66.7 Å². The Morgan fingerprint density at radius 1 is 0.974 bits per heavy atom. The second kappa shape index (κ2) is 11.3. The molecular formula is C31H33N3O5. The molecule has 0 bridgehead atoms. The van der Waals surface area contributed by atoms with Crippen LogP contribution in [0.2, 0.25) is 0 Å². The number of carbonyl (C=O) groups excluding carboxylic acids is 2. The summed E-state index contributed by atoms with van der Waals surface area (Å²) in [5, 5.41) is 15.0. The minimum absolute atomic E-state index is 0.109. The van der Waals surface area contributed by atoms with E-state index >= 15 is 0 Å². The van der Waals surface area contributed by atoms with Crippen molar-refractivity contribution in [1.29, 1.82) is 0 Å². The molecule has 1 aliphatic carbocycles. The van der Waals surface area contributed by atoms with Crippen molar-refractivity contribution < 1.29 is 24.2 Å². The Labute approximate surface area is 228 Å². The normalized spacial score (nSPS) is 19.1. The monoisotopic (exact) mass is 527 g/mol. The van der Waals surface area contributed by atoms with Crippen LogP contribution in [0.1, 0.15) is 42.4 Å². The number of alkyl carbamates (subject to hydrolysis) is 1. The number of ether oxygens (including phenoxy) is 1. The third-order valence-electron chi connectivity index (χ3n) is 7.73. The molecule has 2 aliphatic rings. The van der Waals surface area contributed by atoms with E-state index in [0.717, 1.165) is 27.8 Å². The number of hydrogen-bond donors (Lipinski definition) is 3. The van der Waals surface area contributed by atoms with Crippen LogP contribution in [0.4, 0.5) is 4.79 Å². The van der Waals surface area contributed by atoms with Crippen molar-refractivity contribution in [3.8, 4) is 11.1 Å². The maximum absolute atomic E-state index is 13.5. The molecule has 2 amide bonds. The van der Waals surface area contributed by atoms with Crippen LogP contribution in [-0.4, -0.2) is 59.3 Å². The van der Waals surface area contributed by atoms with Crippen molar-refractivity contribution in [2.45, 2.75) is 43.8 Å². The molecule has 3 aromatic carbocycles. The zero-order valence-electron chi connectivity index (χ0n) is 21.9. The second-order valence-corrected chi connectivity index (χ2v) is 10.3. The molecule has 202 valence electrons. The number of nitrogens with zero attached hydrogens (tertiary/aromatic N) is 1. The number of nitrogens with one attached hydrogen (secondary N) is 2. The van der Waals surface area contributed by atoms with Gasteiger partial charge in [0.05, 0.1) is 0 Å². The number of amides is 2. The molecule has 5 rings (SSSR count). The highest BCUT2D eigenvalue weighted by Crippen LogP contribution is 2.44. The molecule has 2 atom stereocenters. The molecule has 3 aromatic rings. The molecule has 1 heterocycles. The molecule has 39 heavy (non-hydrogen) atoms. The van der Waals surface area contributed by atoms with Crippen LogP contribution in [0.3, 0.4) is 0 Å². The van der Waals surface area contributed by atoms with Gasteiger partial charge in [0.1, 0.15) is 18.2 Å². The van der Waals surface area contributed by atoms with Gasteiger partial charge < -0.3 is 20.5 Å². The summed E-state index contributed by atoms with van der Waals surface area (Å²) < 4.78 is 5.74. The first-order valence-corrected chi connectivity index (χ1v) is 13.3. The lowest BCUT2D eigenvalue weighted by Crippen LogP contribution is -2.62. The zero-order valence-corrected chi connectivity index (χ0v) is 21.9. The second-order valence-electron chi connectivity index (χ2n) is 10.3. The van der Waals surface area contributed by atoms with Crippen LogP contribution in [0.25, 0.3) is 11.1 Å². The first-order valence-electron chi connectivity index (χ1n) is 13.3. The van der Waals surface area contributed by atoms with E-state index in [1.165, 1.54) is 0 Å². The number of fused-ring (bicyclic) bond motifs is 3. The van der Waals surface area contributed by atoms with Gasteiger partial charge in [0.2, 0.25) is 5.91 Å². The SMILES string of the molecule is CC[C@H](NC(=O)C1(NC(=O)OCC2c3ccccc3-c3ccccc32)CCN(Cc2ccccc2)C1)C(=O)O. The van der Waals surface area contributed by atoms with Crippen LogP contribution in [0.15, 0.2) is 78.9 Å². The number of hydrogen-bond acceptors (Lipinski definition) is 5. The Morgan fingerprint density at radius 3 is 2.21 bits per heavy atom. The molecule has 0 spiro atoms. The summed E-state index contributed by atoms with van der Waals surface area (Å²) in [6.07, 6.45) is -0.126. The quantitative estimate of drug-likeness (QED) is 0.386. The predicted molar refractivity (Wildman–Crippen MR) is 147 cm³/mol. The van der Waals surface area contributed by atoms with E-state index in [2.05, 4.69) is 27.7 Å². The van der Waals surface area contributed by atoms with E-state index in [-0.39, 0.29) is 25.5 Å². The summed E-state index contributed by atoms with van der Waals surface area (Å²) in [4.78, 5) is 40.4. The molecule has 3 N–H and O–H groups in total. The maximum Gasteiger partial charge on any atom is 0.408 e. The molecule has 8 heteroatoms. The fourth-order valence-electron chi connectivity index (χ4n) is 5.67. The van der Waals surface area contributed by atoms with E-state index in [1.54, 1.807) is 6.92 Å². The minimum atomic E-state index is -1.31. The van der Waals surface area contributed by atoms with E-state index in [4.69, 9.17) is 4.74 Å². The first kappa shape index (κ1) is 26.4. The molecule has 1 saturated heterocycles. The number of carboxylic acid groups (broad SMARTS) is 1. The third kappa shape index (κ3) is 5.52. The summed E-state index contributed by atoms with van der Waals surface area (Å²) in [6, 6.07) is 25.0. The topological polar surface area (TPSA) is 108 Å². The molecule has 1 fully saturated rings. The van der Waals surface area contributed by atoms with Gasteiger partial charge in [-0.15, -0.1) is 0 Å². The lowest BCUT2D eigenvalue weighted by molar-refractivity contribution is -0.143. The number of carboxylic acids is 1. The molecule has 0 aromatic heterocycles. The van der Waals surface area contributed by atoms with Gasteiger partial charge in [-0.1, -0.05) is 85.8 Å². The number of likely N-dealkylation sites (tertiary alicyclic amines) is 1. The lowest BCUT2D eigenvalue weighted by atomic mass is 9.96. The zero-order chi connectivity index (χ0) is 27.4. The molecular weight excluding hydrogens is 494 g/mol. The van der Waals surface area contributed by atoms with Crippen molar-refractivity contribution in [2.75, 3.05) is 19.7 Å². The Kier molecular flexibility index (Phi) is 7.65. The van der Waals surface area contributed by atoms with Gasteiger partial charge in [-0.05, 0) is 40.7 Å². The Morgan fingerprint density at radius 2 is 1.59 bits per heavy atom. The molecule has 1 aliphatic heterocycles. The fraction of sp³-hybridized carbons (Fsp3) is 0.323. The van der Waals surface area contributed by atoms with Gasteiger partial charge in [-0.2, -0.15) is 0 Å². The fourth-order valence-corrected chi connectivity index (χ4v) is 5.67. The number of benzene rings is 3. The highest BCUT2D eigenvalue weighted by atomic mass is 16.5. The van der Waals surface area contributed by atoms with Crippen LogP contribution >= 0.6 is 0 Å². The highest BCUT2D eigenvalue weighted by molar-refractivity contribution is 5.93. The first-order chi connectivity index (χ1) is 18.9. The van der Waals surface area contributed by atoms with Gasteiger partial charge in [0, 0.05) is 25.6 Å². The summed E-state index contributed by atoms with van der Waals surface area (Å²) in [6.45, 7) is 3.24. The van der Waals surface area contributed by atoms with E-state index < -0.39 is 29.6 Å². The van der Waals surface area contributed by atoms with Gasteiger partial charge in [-0.25, -0.2) is 9.59 Å². The Hall–Kier alpha value is -4.17. The van der Waals surface area contributed by atoms with Gasteiger partial charge in [-0.3, -0.25) is 9.69 Å². The van der Waals surface area contributed by atoms with Crippen molar-refractivity contribution in [2.24, 2.45) is 0 Å². The summed E-state index contributed by atoms with van der Waals surface area (Å²) >= 11 is 0. The predicted octanol–water partition coefficient (Wildman–Crippen LogP) is 4.15. The van der Waals surface area contributed by atoms with Crippen molar-refractivity contribution in [3.05, 3.63) is 95.6 Å². The number of aliphatic carboxylic acids is 1. The Bertz CT molecular complexity index is 1320. The lowest BCUT2D eigenvalue weighted by Gasteiger charge is -2.30. The van der Waals surface area contributed by atoms with Gasteiger partial charge >= 0.3 is 12.1 Å². The summed E-state index contributed by atoms with van der Waals surface area (Å²) in [5.41, 5.74) is 4.24.